The second-order valence-corrected chi connectivity index (χ2v) is 6.59. The van der Waals surface area contributed by atoms with Crippen molar-refractivity contribution in [2.75, 3.05) is 19.6 Å². The summed E-state index contributed by atoms with van der Waals surface area (Å²) in [5, 5.41) is 0. The minimum atomic E-state index is -1.28. The van der Waals surface area contributed by atoms with Crippen molar-refractivity contribution in [3.63, 3.8) is 0 Å². The average Bonchev–Trinajstić information content (AvgIpc) is 2.62. The van der Waals surface area contributed by atoms with E-state index in [0.717, 1.165) is 10.5 Å². The van der Waals surface area contributed by atoms with Crippen molar-refractivity contribution in [3.05, 3.63) is 23.8 Å². The van der Waals surface area contributed by atoms with Gasteiger partial charge < -0.3 is 9.47 Å². The van der Waals surface area contributed by atoms with Gasteiger partial charge in [0.05, 0.1) is 12.0 Å². The fourth-order valence-electron chi connectivity index (χ4n) is 2.25. The summed E-state index contributed by atoms with van der Waals surface area (Å²) in [5.74, 6) is 0.184. The second-order valence-electron chi connectivity index (χ2n) is 4.88. The van der Waals surface area contributed by atoms with E-state index in [9.17, 15) is 9.59 Å². The van der Waals surface area contributed by atoms with Crippen LogP contribution in [0.4, 0.5) is 0 Å². The number of hydrogen-bond donors (Lipinski definition) is 0. The van der Waals surface area contributed by atoms with Gasteiger partial charge >= 0.3 is 5.97 Å². The molecular formula is C15H17ClO4S. The van der Waals surface area contributed by atoms with Crippen molar-refractivity contribution < 1.29 is 19.1 Å². The summed E-state index contributed by atoms with van der Waals surface area (Å²) in [6.45, 7) is 1.81. The molecule has 0 amide bonds. The molecule has 0 aromatic heterocycles. The van der Waals surface area contributed by atoms with Crippen LogP contribution in [0.15, 0.2) is 23.1 Å². The molecule has 1 aromatic carbocycles. The van der Waals surface area contributed by atoms with Crippen molar-refractivity contribution in [1.29, 1.82) is 0 Å². The first-order valence-electron chi connectivity index (χ1n) is 6.63. The molecule has 1 unspecified atom stereocenters. The Morgan fingerprint density at radius 1 is 1.52 bits per heavy atom. The van der Waals surface area contributed by atoms with Crippen LogP contribution < -0.4 is 4.74 Å². The molecule has 0 saturated carbocycles. The lowest BCUT2D eigenvalue weighted by Crippen LogP contribution is -2.46. The highest BCUT2D eigenvalue weighted by Crippen LogP contribution is 2.45. The van der Waals surface area contributed by atoms with Gasteiger partial charge in [0.2, 0.25) is 0 Å². The first kappa shape index (κ1) is 16.2. The third-order valence-electron chi connectivity index (χ3n) is 3.37. The van der Waals surface area contributed by atoms with Crippen LogP contribution >= 0.6 is 23.4 Å². The summed E-state index contributed by atoms with van der Waals surface area (Å²) in [5.41, 5.74) is 1.04. The Labute approximate surface area is 133 Å². The molecule has 1 heterocycles. The van der Waals surface area contributed by atoms with E-state index in [4.69, 9.17) is 21.1 Å². The van der Waals surface area contributed by atoms with Crippen molar-refractivity contribution in [1.82, 2.24) is 0 Å². The minimum Gasteiger partial charge on any atom is -0.485 e. The molecule has 21 heavy (non-hydrogen) atoms. The Hall–Kier alpha value is -1.20. The van der Waals surface area contributed by atoms with E-state index in [0.29, 0.717) is 24.5 Å². The topological polar surface area (TPSA) is 52.6 Å². The van der Waals surface area contributed by atoms with Crippen LogP contribution in [-0.4, -0.2) is 36.1 Å². The van der Waals surface area contributed by atoms with Crippen LogP contribution in [0.2, 0.25) is 0 Å². The highest BCUT2D eigenvalue weighted by Gasteiger charge is 2.49. The molecule has 0 aliphatic carbocycles. The molecule has 0 spiro atoms. The predicted molar refractivity (Wildman–Crippen MR) is 82.2 cm³/mol. The number of ether oxygens (including phenoxy) is 2. The number of carbonyl (C=O) groups excluding carboxylic acids is 2. The van der Waals surface area contributed by atoms with Gasteiger partial charge in [0.1, 0.15) is 12.4 Å². The lowest BCUT2D eigenvalue weighted by Gasteiger charge is -2.26. The van der Waals surface area contributed by atoms with Crippen LogP contribution in [-0.2, 0) is 14.3 Å². The van der Waals surface area contributed by atoms with E-state index in [1.165, 1.54) is 18.9 Å². The first-order valence-corrected chi connectivity index (χ1v) is 7.99. The Morgan fingerprint density at radius 2 is 2.29 bits per heavy atom. The summed E-state index contributed by atoms with van der Waals surface area (Å²) in [4.78, 5) is 25.6. The van der Waals surface area contributed by atoms with Crippen molar-refractivity contribution in [2.24, 2.45) is 0 Å². The number of methoxy groups -OCH3 is 1. The van der Waals surface area contributed by atoms with Gasteiger partial charge in [0.15, 0.2) is 10.5 Å². The maximum atomic E-state index is 12.5. The first-order chi connectivity index (χ1) is 10.0. The van der Waals surface area contributed by atoms with Gasteiger partial charge in [0.25, 0.3) is 0 Å². The molecule has 1 aliphatic heterocycles. The van der Waals surface area contributed by atoms with E-state index in [2.05, 4.69) is 0 Å². The molecule has 0 radical (unpaired) electrons. The molecule has 0 fully saturated rings. The number of fused-ring (bicyclic) bond motifs is 1. The lowest BCUT2D eigenvalue weighted by atomic mass is 9.97. The van der Waals surface area contributed by atoms with E-state index >= 15 is 0 Å². The third kappa shape index (κ3) is 3.19. The van der Waals surface area contributed by atoms with E-state index in [-0.39, 0.29) is 12.4 Å². The molecular weight excluding hydrogens is 312 g/mol. The highest BCUT2D eigenvalue weighted by molar-refractivity contribution is 8.02. The maximum Gasteiger partial charge on any atom is 0.330 e. The largest absolute Gasteiger partial charge is 0.485 e. The smallest absolute Gasteiger partial charge is 0.330 e. The number of esters is 1. The van der Waals surface area contributed by atoms with Gasteiger partial charge in [-0.15, -0.1) is 11.6 Å². The van der Waals surface area contributed by atoms with E-state index < -0.39 is 10.7 Å². The summed E-state index contributed by atoms with van der Waals surface area (Å²) in [6.07, 6.45) is 0.889. The Balaban J connectivity index is 2.46. The second kappa shape index (κ2) is 6.71. The maximum absolute atomic E-state index is 12.5. The number of benzene rings is 1. The molecule has 1 aliphatic rings. The van der Waals surface area contributed by atoms with Gasteiger partial charge in [-0.05, 0) is 37.5 Å². The van der Waals surface area contributed by atoms with Crippen LogP contribution in [0.1, 0.15) is 18.4 Å². The zero-order valence-electron chi connectivity index (χ0n) is 12.0. The van der Waals surface area contributed by atoms with Crippen LogP contribution in [0, 0.1) is 6.92 Å². The van der Waals surface area contributed by atoms with E-state index in [1.54, 1.807) is 0 Å². The molecule has 0 saturated heterocycles. The standard InChI is InChI=1S/C15H17ClO4S/c1-10-4-5-11-12(8-10)21-15(6-3-7-16,14(18)19-2)13(17)9-20-11/h4-5,8H,3,6-7,9H2,1-2H3. The summed E-state index contributed by atoms with van der Waals surface area (Å²) >= 11 is 6.95. The number of aryl methyl sites for hydroxylation is 1. The molecule has 0 N–H and O–H groups in total. The number of Topliss-reactive ketones (excluding diaryl/α,β-unsaturated/α-hetero) is 1. The minimum absolute atomic E-state index is 0.138. The molecule has 1 aromatic rings. The quantitative estimate of drug-likeness (QED) is 0.483. The molecule has 114 valence electrons. The van der Waals surface area contributed by atoms with Crippen LogP contribution in [0.5, 0.6) is 5.75 Å². The molecule has 1 atom stereocenters. The number of hydrogen-bond acceptors (Lipinski definition) is 5. The Bertz CT molecular complexity index is 561. The number of ketones is 1. The summed E-state index contributed by atoms with van der Waals surface area (Å²) < 4.78 is 9.14. The highest BCUT2D eigenvalue weighted by atomic mass is 35.5. The number of carbonyl (C=O) groups is 2. The summed E-state index contributed by atoms with van der Waals surface area (Å²) in [7, 11) is 1.29. The van der Waals surface area contributed by atoms with Gasteiger partial charge in [0, 0.05) is 5.88 Å². The normalized spacial score (nSPS) is 21.2. The van der Waals surface area contributed by atoms with Gasteiger partial charge in [-0.25, -0.2) is 0 Å². The number of rotatable bonds is 4. The fourth-order valence-corrected chi connectivity index (χ4v) is 3.81. The Kier molecular flexibility index (Phi) is 5.17. The van der Waals surface area contributed by atoms with Crippen molar-refractivity contribution in [3.8, 4) is 5.75 Å². The molecule has 2 rings (SSSR count). The number of alkyl halides is 1. The molecule has 0 bridgehead atoms. The zero-order valence-corrected chi connectivity index (χ0v) is 13.6. The van der Waals surface area contributed by atoms with Crippen molar-refractivity contribution in [2.45, 2.75) is 29.4 Å². The van der Waals surface area contributed by atoms with Gasteiger partial charge in [-0.1, -0.05) is 17.8 Å². The molecule has 4 nitrogen and oxygen atoms in total. The SMILES string of the molecule is COC(=O)C1(CCCCl)Sc2cc(C)ccc2OCC1=O. The average molecular weight is 329 g/mol. The van der Waals surface area contributed by atoms with Gasteiger partial charge in [-0.2, -0.15) is 0 Å². The molecule has 6 heteroatoms. The van der Waals surface area contributed by atoms with Crippen molar-refractivity contribution >= 4 is 35.1 Å². The number of thioether (sulfide) groups is 1. The number of halogens is 1. The lowest BCUT2D eigenvalue weighted by molar-refractivity contribution is -0.147. The monoisotopic (exact) mass is 328 g/mol. The zero-order chi connectivity index (χ0) is 15.5. The van der Waals surface area contributed by atoms with Crippen LogP contribution in [0.25, 0.3) is 0 Å². The van der Waals surface area contributed by atoms with Gasteiger partial charge in [-0.3, -0.25) is 9.59 Å². The van der Waals surface area contributed by atoms with E-state index in [1.807, 2.05) is 25.1 Å². The third-order valence-corrected chi connectivity index (χ3v) is 5.12. The predicted octanol–water partition coefficient (Wildman–Crippen LogP) is 2.98. The summed E-state index contributed by atoms with van der Waals surface area (Å²) in [6, 6.07) is 5.64. The Morgan fingerprint density at radius 3 is 2.95 bits per heavy atom. The van der Waals surface area contributed by atoms with Crippen LogP contribution in [0.3, 0.4) is 0 Å². The fraction of sp³-hybridized carbons (Fsp3) is 0.467.